The number of carbonyl (C=O) groups is 2. The fourth-order valence-corrected chi connectivity index (χ4v) is 3.25. The molecule has 0 saturated heterocycles. The molecule has 124 valence electrons. The second kappa shape index (κ2) is 7.91. The third-order valence-electron chi connectivity index (χ3n) is 4.65. The van der Waals surface area contributed by atoms with Gasteiger partial charge in [-0.2, -0.15) is 0 Å². The Bertz CT molecular complexity index is 683. The summed E-state index contributed by atoms with van der Waals surface area (Å²) >= 11 is 0. The van der Waals surface area contributed by atoms with Gasteiger partial charge in [0.1, 0.15) is 0 Å². The van der Waals surface area contributed by atoms with Gasteiger partial charge in [0.15, 0.2) is 12.4 Å². The second-order valence-electron chi connectivity index (χ2n) is 6.32. The fourth-order valence-electron chi connectivity index (χ4n) is 3.25. The monoisotopic (exact) mass is 322 g/mol. The van der Waals surface area contributed by atoms with Gasteiger partial charge >= 0.3 is 5.97 Å². The highest BCUT2D eigenvalue weighted by molar-refractivity contribution is 5.99. The Hall–Kier alpha value is -2.42. The van der Waals surface area contributed by atoms with Crippen LogP contribution in [0.1, 0.15) is 64.3 Å². The van der Waals surface area contributed by atoms with E-state index in [9.17, 15) is 9.59 Å². The molecule has 0 bridgehead atoms. The van der Waals surface area contributed by atoms with Crippen LogP contribution in [0, 0.1) is 0 Å². The molecule has 0 aliphatic heterocycles. The average molecular weight is 322 g/mol. The van der Waals surface area contributed by atoms with Crippen molar-refractivity contribution in [1.29, 1.82) is 0 Å². The molecule has 2 aromatic rings. The molecular formula is C21H22O3. The van der Waals surface area contributed by atoms with Crippen LogP contribution in [-0.2, 0) is 4.74 Å². The van der Waals surface area contributed by atoms with Gasteiger partial charge in [-0.1, -0.05) is 61.7 Å². The number of esters is 1. The van der Waals surface area contributed by atoms with Gasteiger partial charge in [0.25, 0.3) is 0 Å². The number of ether oxygens (including phenoxy) is 1. The van der Waals surface area contributed by atoms with E-state index >= 15 is 0 Å². The van der Waals surface area contributed by atoms with Gasteiger partial charge in [-0.05, 0) is 36.5 Å². The number of hydrogen-bond donors (Lipinski definition) is 0. The number of ketones is 1. The molecule has 1 saturated carbocycles. The summed E-state index contributed by atoms with van der Waals surface area (Å²) in [5.74, 6) is -0.0175. The van der Waals surface area contributed by atoms with Crippen LogP contribution in [0.3, 0.4) is 0 Å². The topological polar surface area (TPSA) is 43.4 Å². The number of rotatable bonds is 5. The highest BCUT2D eigenvalue weighted by atomic mass is 16.5. The molecule has 3 heteroatoms. The minimum Gasteiger partial charge on any atom is -0.454 e. The van der Waals surface area contributed by atoms with E-state index in [1.165, 1.54) is 37.7 Å². The Morgan fingerprint density at radius 2 is 1.50 bits per heavy atom. The maximum atomic E-state index is 12.2. The first-order valence-electron chi connectivity index (χ1n) is 8.59. The van der Waals surface area contributed by atoms with Crippen molar-refractivity contribution in [2.75, 3.05) is 6.61 Å². The quantitative estimate of drug-likeness (QED) is 0.588. The molecule has 24 heavy (non-hydrogen) atoms. The van der Waals surface area contributed by atoms with E-state index in [2.05, 4.69) is 0 Å². The van der Waals surface area contributed by atoms with Crippen LogP contribution in [-0.4, -0.2) is 18.4 Å². The SMILES string of the molecule is O=C(COC(=O)c1ccccc1)c1ccc(C2CCCCC2)cc1. The van der Waals surface area contributed by atoms with E-state index in [1.807, 2.05) is 30.3 Å². The summed E-state index contributed by atoms with van der Waals surface area (Å²) in [4.78, 5) is 24.1. The standard InChI is InChI=1S/C21H22O3/c22-20(15-24-21(23)19-9-5-2-6-10-19)18-13-11-17(12-14-18)16-7-3-1-4-8-16/h2,5-6,9-14,16H,1,3-4,7-8,15H2. The molecule has 1 fully saturated rings. The molecule has 0 spiro atoms. The average Bonchev–Trinajstić information content (AvgIpc) is 2.67. The molecule has 0 amide bonds. The molecular weight excluding hydrogens is 300 g/mol. The lowest BCUT2D eigenvalue weighted by Gasteiger charge is -2.22. The zero-order valence-corrected chi connectivity index (χ0v) is 13.7. The maximum absolute atomic E-state index is 12.2. The van der Waals surface area contributed by atoms with Gasteiger partial charge < -0.3 is 4.74 Å². The second-order valence-corrected chi connectivity index (χ2v) is 6.32. The highest BCUT2D eigenvalue weighted by Crippen LogP contribution is 2.32. The molecule has 1 aliphatic rings. The Balaban J connectivity index is 1.56. The maximum Gasteiger partial charge on any atom is 0.338 e. The van der Waals surface area contributed by atoms with Gasteiger partial charge in [0.2, 0.25) is 0 Å². The van der Waals surface area contributed by atoms with Crippen LogP contribution in [0.5, 0.6) is 0 Å². The largest absolute Gasteiger partial charge is 0.454 e. The van der Waals surface area contributed by atoms with Crippen molar-refractivity contribution in [2.45, 2.75) is 38.0 Å². The van der Waals surface area contributed by atoms with Crippen LogP contribution < -0.4 is 0 Å². The molecule has 0 N–H and O–H groups in total. The van der Waals surface area contributed by atoms with Crippen LogP contribution >= 0.6 is 0 Å². The van der Waals surface area contributed by atoms with Gasteiger partial charge in [-0.15, -0.1) is 0 Å². The molecule has 3 nitrogen and oxygen atoms in total. The first kappa shape index (κ1) is 16.4. The Kier molecular flexibility index (Phi) is 5.42. The summed E-state index contributed by atoms with van der Waals surface area (Å²) in [5.41, 5.74) is 2.36. The van der Waals surface area contributed by atoms with Crippen LogP contribution in [0.15, 0.2) is 54.6 Å². The first-order valence-corrected chi connectivity index (χ1v) is 8.59. The van der Waals surface area contributed by atoms with E-state index in [0.717, 1.165) is 0 Å². The smallest absolute Gasteiger partial charge is 0.338 e. The molecule has 0 heterocycles. The lowest BCUT2D eigenvalue weighted by Crippen LogP contribution is -2.14. The molecule has 0 radical (unpaired) electrons. The first-order chi connectivity index (χ1) is 11.7. The summed E-state index contributed by atoms with van der Waals surface area (Å²) in [7, 11) is 0. The van der Waals surface area contributed by atoms with Gasteiger partial charge in [0.05, 0.1) is 5.56 Å². The normalized spacial score (nSPS) is 15.0. The Morgan fingerprint density at radius 1 is 0.833 bits per heavy atom. The fraction of sp³-hybridized carbons (Fsp3) is 0.333. The predicted molar refractivity (Wildman–Crippen MR) is 93.3 cm³/mol. The summed E-state index contributed by atoms with van der Waals surface area (Å²) in [6.45, 7) is -0.226. The molecule has 0 aromatic heterocycles. The van der Waals surface area contributed by atoms with Crippen LogP contribution in [0.25, 0.3) is 0 Å². The number of benzene rings is 2. The summed E-state index contributed by atoms with van der Waals surface area (Å²) in [6, 6.07) is 16.5. The zero-order chi connectivity index (χ0) is 16.8. The van der Waals surface area contributed by atoms with Crippen molar-refractivity contribution in [1.82, 2.24) is 0 Å². The zero-order valence-electron chi connectivity index (χ0n) is 13.7. The van der Waals surface area contributed by atoms with Crippen molar-refractivity contribution in [3.05, 3.63) is 71.3 Å². The third-order valence-corrected chi connectivity index (χ3v) is 4.65. The van der Waals surface area contributed by atoms with Crippen molar-refractivity contribution in [3.63, 3.8) is 0 Å². The van der Waals surface area contributed by atoms with E-state index in [-0.39, 0.29) is 12.4 Å². The van der Waals surface area contributed by atoms with Crippen LogP contribution in [0.2, 0.25) is 0 Å². The van der Waals surface area contributed by atoms with Gasteiger partial charge in [-0.25, -0.2) is 4.79 Å². The van der Waals surface area contributed by atoms with E-state index in [1.54, 1.807) is 24.3 Å². The summed E-state index contributed by atoms with van der Waals surface area (Å²) in [6.07, 6.45) is 6.39. The van der Waals surface area contributed by atoms with Gasteiger partial charge in [0, 0.05) is 5.56 Å². The van der Waals surface area contributed by atoms with Crippen LogP contribution in [0.4, 0.5) is 0 Å². The lowest BCUT2D eigenvalue weighted by atomic mass is 9.84. The minimum absolute atomic E-state index is 0.172. The summed E-state index contributed by atoms with van der Waals surface area (Å²) < 4.78 is 5.10. The molecule has 0 atom stereocenters. The molecule has 2 aromatic carbocycles. The minimum atomic E-state index is -0.470. The van der Waals surface area contributed by atoms with Crippen molar-refractivity contribution < 1.29 is 14.3 Å². The number of carbonyl (C=O) groups excluding carboxylic acids is 2. The van der Waals surface area contributed by atoms with E-state index in [4.69, 9.17) is 4.74 Å². The molecule has 3 rings (SSSR count). The highest BCUT2D eigenvalue weighted by Gasteiger charge is 2.16. The molecule has 1 aliphatic carbocycles. The van der Waals surface area contributed by atoms with E-state index < -0.39 is 5.97 Å². The Labute approximate surface area is 142 Å². The lowest BCUT2D eigenvalue weighted by molar-refractivity contribution is 0.0475. The third kappa shape index (κ3) is 4.10. The van der Waals surface area contributed by atoms with Crippen molar-refractivity contribution >= 4 is 11.8 Å². The molecule has 0 unspecified atom stereocenters. The number of hydrogen-bond acceptors (Lipinski definition) is 3. The van der Waals surface area contributed by atoms with Crippen molar-refractivity contribution in [3.8, 4) is 0 Å². The van der Waals surface area contributed by atoms with Gasteiger partial charge in [-0.3, -0.25) is 4.79 Å². The summed E-state index contributed by atoms with van der Waals surface area (Å²) in [5, 5.41) is 0. The predicted octanol–water partition coefficient (Wildman–Crippen LogP) is 4.77. The number of Topliss-reactive ketones (excluding diaryl/α,β-unsaturated/α-hetero) is 1. The van der Waals surface area contributed by atoms with E-state index in [0.29, 0.717) is 17.0 Å². The van der Waals surface area contributed by atoms with Crippen molar-refractivity contribution in [2.24, 2.45) is 0 Å². The Morgan fingerprint density at radius 3 is 2.17 bits per heavy atom.